The molecule has 1 aromatic rings. The highest BCUT2D eigenvalue weighted by atomic mass is 16.6. The Morgan fingerprint density at radius 1 is 1.35 bits per heavy atom. The Balaban J connectivity index is 2.45. The molecule has 0 bridgehead atoms. The number of phenols is 1. The second kappa shape index (κ2) is 3.83. The lowest BCUT2D eigenvalue weighted by Crippen LogP contribution is -2.45. The summed E-state index contributed by atoms with van der Waals surface area (Å²) in [6.07, 6.45) is 1.18. The van der Waals surface area contributed by atoms with E-state index in [9.17, 15) is 19.8 Å². The second-order valence-corrected chi connectivity index (χ2v) is 4.85. The number of carbonyl (C=O) groups excluding carboxylic acids is 2. The van der Waals surface area contributed by atoms with Gasteiger partial charge in [-0.15, -0.1) is 0 Å². The number of ether oxygens (including phenoxy) is 2. The molecule has 20 heavy (non-hydrogen) atoms. The molecule has 1 unspecified atom stereocenters. The fraction of sp³-hybridized carbons (Fsp3) is 0.286. The van der Waals surface area contributed by atoms with Gasteiger partial charge in [0.2, 0.25) is 0 Å². The minimum Gasteiger partial charge on any atom is -0.507 e. The van der Waals surface area contributed by atoms with Crippen molar-refractivity contribution >= 4 is 11.8 Å². The van der Waals surface area contributed by atoms with Gasteiger partial charge in [0.1, 0.15) is 23.7 Å². The number of methoxy groups -OCH3 is 1. The monoisotopic (exact) mass is 276 g/mol. The van der Waals surface area contributed by atoms with E-state index >= 15 is 0 Å². The van der Waals surface area contributed by atoms with Crippen LogP contribution < -0.4 is 0 Å². The summed E-state index contributed by atoms with van der Waals surface area (Å²) in [6.45, 7) is 1.26. The number of aryl methyl sites for hydroxylation is 1. The first-order chi connectivity index (χ1) is 9.40. The Bertz CT molecular complexity index is 687. The molecule has 6 heteroatoms. The Kier molecular flexibility index (Phi) is 2.43. The van der Waals surface area contributed by atoms with E-state index in [-0.39, 0.29) is 40.6 Å². The summed E-state index contributed by atoms with van der Waals surface area (Å²) < 4.78 is 9.95. The van der Waals surface area contributed by atoms with Gasteiger partial charge in [0, 0.05) is 17.2 Å². The maximum absolute atomic E-state index is 12.2. The van der Waals surface area contributed by atoms with E-state index < -0.39 is 11.6 Å². The molecule has 0 amide bonds. The number of cyclic esters (lactones) is 1. The van der Waals surface area contributed by atoms with Crippen molar-refractivity contribution in [1.82, 2.24) is 0 Å². The van der Waals surface area contributed by atoms with Gasteiger partial charge in [0.05, 0.1) is 7.11 Å². The van der Waals surface area contributed by atoms with E-state index in [0.29, 0.717) is 5.56 Å². The fourth-order valence-corrected chi connectivity index (χ4v) is 2.78. The average Bonchev–Trinajstić information content (AvgIpc) is 2.39. The topological polar surface area (TPSA) is 93.1 Å². The molecule has 1 aliphatic heterocycles. The van der Waals surface area contributed by atoms with Gasteiger partial charge in [-0.1, -0.05) is 0 Å². The van der Waals surface area contributed by atoms with Gasteiger partial charge >= 0.3 is 5.97 Å². The first kappa shape index (κ1) is 12.7. The number of hydrogen-bond acceptors (Lipinski definition) is 6. The number of rotatable bonds is 1. The normalized spacial score (nSPS) is 23.9. The van der Waals surface area contributed by atoms with Gasteiger partial charge < -0.3 is 19.7 Å². The fourth-order valence-electron chi connectivity index (χ4n) is 2.78. The van der Waals surface area contributed by atoms with E-state index in [2.05, 4.69) is 0 Å². The molecule has 6 nitrogen and oxygen atoms in total. The highest BCUT2D eigenvalue weighted by molar-refractivity contribution is 6.12. The molecule has 0 fully saturated rings. The largest absolute Gasteiger partial charge is 0.507 e. The highest BCUT2D eigenvalue weighted by Gasteiger charge is 2.50. The number of benzene rings is 1. The van der Waals surface area contributed by atoms with Gasteiger partial charge in [-0.05, 0) is 18.6 Å². The summed E-state index contributed by atoms with van der Waals surface area (Å²) in [4.78, 5) is 24.0. The molecule has 1 atom stereocenters. The van der Waals surface area contributed by atoms with Gasteiger partial charge in [-0.2, -0.15) is 0 Å². The predicted molar refractivity (Wildman–Crippen MR) is 66.4 cm³/mol. The lowest BCUT2D eigenvalue weighted by atomic mass is 9.76. The van der Waals surface area contributed by atoms with Gasteiger partial charge in [0.25, 0.3) is 0 Å². The van der Waals surface area contributed by atoms with Crippen LogP contribution in [0.4, 0.5) is 0 Å². The van der Waals surface area contributed by atoms with Crippen LogP contribution in [0.5, 0.6) is 5.75 Å². The third kappa shape index (κ3) is 1.36. The van der Waals surface area contributed by atoms with Crippen LogP contribution in [0.25, 0.3) is 0 Å². The summed E-state index contributed by atoms with van der Waals surface area (Å²) >= 11 is 0. The smallest absolute Gasteiger partial charge is 0.342 e. The zero-order chi connectivity index (χ0) is 14.7. The third-order valence-corrected chi connectivity index (χ3v) is 3.67. The summed E-state index contributed by atoms with van der Waals surface area (Å²) in [7, 11) is 1.31. The number of esters is 1. The molecule has 2 aliphatic rings. The van der Waals surface area contributed by atoms with Crippen molar-refractivity contribution in [1.29, 1.82) is 0 Å². The lowest BCUT2D eigenvalue weighted by Gasteiger charge is -2.38. The molecule has 1 heterocycles. The zero-order valence-corrected chi connectivity index (χ0v) is 10.9. The van der Waals surface area contributed by atoms with E-state index in [1.165, 1.54) is 19.3 Å². The van der Waals surface area contributed by atoms with Crippen molar-refractivity contribution in [2.24, 2.45) is 0 Å². The maximum atomic E-state index is 12.2. The van der Waals surface area contributed by atoms with Crippen LogP contribution in [-0.4, -0.2) is 35.7 Å². The molecule has 2 N–H and O–H groups in total. The van der Waals surface area contributed by atoms with E-state index in [1.807, 2.05) is 0 Å². The Hall–Kier alpha value is -2.34. The molecule has 1 aliphatic carbocycles. The lowest BCUT2D eigenvalue weighted by molar-refractivity contribution is -0.0521. The number of aliphatic hydroxyl groups is 1. The highest BCUT2D eigenvalue weighted by Crippen LogP contribution is 2.45. The molecule has 0 saturated heterocycles. The van der Waals surface area contributed by atoms with Crippen molar-refractivity contribution in [2.75, 3.05) is 13.7 Å². The SMILES string of the molecule is COC1=CC(=O)c2c(C)cc(O)c3c2C1(O)COC3=O. The standard InChI is InChI=1S/C14H12O6/c1-6-3-7(15)11-12-10(6)8(16)4-9(19-2)14(12,18)5-20-13(11)17/h3-4,15,18H,5H2,1-2H3. The molecule has 0 spiro atoms. The van der Waals surface area contributed by atoms with Crippen LogP contribution in [0, 0.1) is 6.92 Å². The molecule has 3 rings (SSSR count). The Morgan fingerprint density at radius 2 is 2.05 bits per heavy atom. The van der Waals surface area contributed by atoms with E-state index in [1.54, 1.807) is 6.92 Å². The van der Waals surface area contributed by atoms with Crippen LogP contribution in [0.1, 0.15) is 31.8 Å². The number of aromatic hydroxyl groups is 1. The average molecular weight is 276 g/mol. The Labute approximate surface area is 114 Å². The van der Waals surface area contributed by atoms with Crippen LogP contribution >= 0.6 is 0 Å². The van der Waals surface area contributed by atoms with Gasteiger partial charge in [-0.25, -0.2) is 4.79 Å². The minimum absolute atomic E-state index is 0.00579. The zero-order valence-electron chi connectivity index (χ0n) is 10.9. The van der Waals surface area contributed by atoms with Crippen molar-refractivity contribution < 1.29 is 29.3 Å². The summed E-state index contributed by atoms with van der Waals surface area (Å²) in [5, 5.41) is 20.7. The quantitative estimate of drug-likeness (QED) is 0.736. The van der Waals surface area contributed by atoms with Crippen LogP contribution in [0.15, 0.2) is 17.9 Å². The van der Waals surface area contributed by atoms with E-state index in [0.717, 1.165) is 0 Å². The third-order valence-electron chi connectivity index (χ3n) is 3.67. The second-order valence-electron chi connectivity index (χ2n) is 4.85. The first-order valence-electron chi connectivity index (χ1n) is 5.97. The number of ketones is 1. The van der Waals surface area contributed by atoms with Crippen LogP contribution in [-0.2, 0) is 15.1 Å². The molecule has 0 aromatic heterocycles. The van der Waals surface area contributed by atoms with Crippen molar-refractivity contribution in [3.05, 3.63) is 40.2 Å². The number of hydrogen-bond donors (Lipinski definition) is 2. The van der Waals surface area contributed by atoms with Gasteiger partial charge in [0.15, 0.2) is 11.4 Å². The molecule has 104 valence electrons. The minimum atomic E-state index is -1.75. The molecule has 0 radical (unpaired) electrons. The predicted octanol–water partition coefficient (Wildman–Crippen LogP) is 0.785. The van der Waals surface area contributed by atoms with E-state index in [4.69, 9.17) is 9.47 Å². The molecular weight excluding hydrogens is 264 g/mol. The summed E-state index contributed by atoms with van der Waals surface area (Å²) in [5.41, 5.74) is -1.18. The number of carbonyl (C=O) groups is 2. The molecule has 0 saturated carbocycles. The molecule has 1 aromatic carbocycles. The van der Waals surface area contributed by atoms with Gasteiger partial charge in [-0.3, -0.25) is 4.79 Å². The van der Waals surface area contributed by atoms with Crippen molar-refractivity contribution in [3.63, 3.8) is 0 Å². The van der Waals surface area contributed by atoms with Crippen LogP contribution in [0.2, 0.25) is 0 Å². The maximum Gasteiger partial charge on any atom is 0.342 e. The summed E-state index contributed by atoms with van der Waals surface area (Å²) in [6, 6.07) is 1.31. The molecular formula is C14H12O6. The number of allylic oxidation sites excluding steroid dienone is 1. The Morgan fingerprint density at radius 3 is 2.70 bits per heavy atom. The number of phenolic OH excluding ortho intramolecular Hbond substituents is 1. The first-order valence-corrected chi connectivity index (χ1v) is 5.97. The summed E-state index contributed by atoms with van der Waals surface area (Å²) in [5.74, 6) is -1.48. The van der Waals surface area contributed by atoms with Crippen molar-refractivity contribution in [2.45, 2.75) is 12.5 Å². The van der Waals surface area contributed by atoms with Crippen LogP contribution in [0.3, 0.4) is 0 Å². The van der Waals surface area contributed by atoms with Crippen molar-refractivity contribution in [3.8, 4) is 5.75 Å².